The van der Waals surface area contributed by atoms with E-state index < -0.39 is 0 Å². The van der Waals surface area contributed by atoms with Gasteiger partial charge < -0.3 is 14.3 Å². The van der Waals surface area contributed by atoms with Crippen molar-refractivity contribution < 1.29 is 14.3 Å². The zero-order chi connectivity index (χ0) is 14.1. The molecule has 0 spiro atoms. The average Bonchev–Trinajstić information content (AvgIpc) is 2.47. The first-order valence-corrected chi connectivity index (χ1v) is 6.70. The molecule has 1 aliphatic heterocycles. The molecule has 2 heterocycles. The summed E-state index contributed by atoms with van der Waals surface area (Å²) in [4.78, 5) is 14.3. The molecule has 0 unspecified atom stereocenters. The Morgan fingerprint density at radius 2 is 2.05 bits per heavy atom. The van der Waals surface area contributed by atoms with Crippen LogP contribution in [-0.2, 0) is 11.3 Å². The van der Waals surface area contributed by atoms with Crippen LogP contribution >= 0.6 is 0 Å². The van der Waals surface area contributed by atoms with Crippen molar-refractivity contribution in [3.05, 3.63) is 39.7 Å². The smallest absolute Gasteiger partial charge is 0.195 e. The van der Waals surface area contributed by atoms with Crippen LogP contribution in [0.4, 0.5) is 0 Å². The molecule has 20 heavy (non-hydrogen) atoms. The van der Waals surface area contributed by atoms with Gasteiger partial charge >= 0.3 is 0 Å². The van der Waals surface area contributed by atoms with Gasteiger partial charge in [0.15, 0.2) is 5.43 Å². The summed E-state index contributed by atoms with van der Waals surface area (Å²) in [6.07, 6.45) is 1.45. The number of benzene rings is 1. The summed E-state index contributed by atoms with van der Waals surface area (Å²) in [7, 11) is 0. The standard InChI is InChI=1S/C15H17NO4/c1-10-9-20-15-11(14(10)18)2-3-13(17)12(15)8-16-4-6-19-7-5-16/h2-3,9,17H,4-8H2,1H3. The topological polar surface area (TPSA) is 62.9 Å². The molecule has 1 fully saturated rings. The molecule has 0 amide bonds. The molecule has 0 aliphatic carbocycles. The maximum atomic E-state index is 12.1. The maximum Gasteiger partial charge on any atom is 0.195 e. The average molecular weight is 275 g/mol. The predicted octanol–water partition coefficient (Wildman–Crippen LogP) is 1.64. The monoisotopic (exact) mass is 275 g/mol. The van der Waals surface area contributed by atoms with Gasteiger partial charge in [0.1, 0.15) is 11.3 Å². The third kappa shape index (κ3) is 2.30. The van der Waals surface area contributed by atoms with Crippen molar-refractivity contribution in [1.29, 1.82) is 0 Å². The van der Waals surface area contributed by atoms with Crippen LogP contribution in [-0.4, -0.2) is 36.3 Å². The fourth-order valence-corrected chi connectivity index (χ4v) is 2.48. The Hall–Kier alpha value is -1.85. The fraction of sp³-hybridized carbons (Fsp3) is 0.400. The normalized spacial score (nSPS) is 16.6. The molecule has 5 nitrogen and oxygen atoms in total. The number of hydrogen-bond donors (Lipinski definition) is 1. The summed E-state index contributed by atoms with van der Waals surface area (Å²) in [6.45, 7) is 5.28. The third-order valence-electron chi connectivity index (χ3n) is 3.68. The molecule has 0 radical (unpaired) electrons. The van der Waals surface area contributed by atoms with Gasteiger partial charge in [-0.1, -0.05) is 0 Å². The van der Waals surface area contributed by atoms with Gasteiger partial charge in [0, 0.05) is 25.2 Å². The molecular weight excluding hydrogens is 258 g/mol. The van der Waals surface area contributed by atoms with E-state index in [1.807, 2.05) is 0 Å². The SMILES string of the molecule is Cc1coc2c(CN3CCOCC3)c(O)ccc2c1=O. The van der Waals surface area contributed by atoms with E-state index in [1.165, 1.54) is 6.26 Å². The van der Waals surface area contributed by atoms with Crippen LogP contribution in [0.15, 0.2) is 27.6 Å². The van der Waals surface area contributed by atoms with Crippen molar-refractivity contribution in [3.8, 4) is 5.75 Å². The van der Waals surface area contributed by atoms with E-state index >= 15 is 0 Å². The number of nitrogens with zero attached hydrogens (tertiary/aromatic N) is 1. The molecule has 0 bridgehead atoms. The van der Waals surface area contributed by atoms with E-state index in [-0.39, 0.29) is 11.2 Å². The van der Waals surface area contributed by atoms with Crippen LogP contribution in [0.3, 0.4) is 0 Å². The van der Waals surface area contributed by atoms with E-state index in [0.29, 0.717) is 41.9 Å². The van der Waals surface area contributed by atoms with Crippen molar-refractivity contribution in [2.24, 2.45) is 0 Å². The Kier molecular flexibility index (Phi) is 3.46. The summed E-state index contributed by atoms with van der Waals surface area (Å²) < 4.78 is 10.9. The Labute approximate surface area is 116 Å². The lowest BCUT2D eigenvalue weighted by molar-refractivity contribution is 0.0339. The predicted molar refractivity (Wildman–Crippen MR) is 75.0 cm³/mol. The second-order valence-corrected chi connectivity index (χ2v) is 5.08. The third-order valence-corrected chi connectivity index (χ3v) is 3.68. The molecule has 3 rings (SSSR count). The molecule has 0 saturated carbocycles. The lowest BCUT2D eigenvalue weighted by Gasteiger charge is -2.26. The largest absolute Gasteiger partial charge is 0.507 e. The highest BCUT2D eigenvalue weighted by Crippen LogP contribution is 2.27. The van der Waals surface area contributed by atoms with Gasteiger partial charge in [-0.2, -0.15) is 0 Å². The van der Waals surface area contributed by atoms with Gasteiger partial charge in [-0.25, -0.2) is 0 Å². The van der Waals surface area contributed by atoms with E-state index in [1.54, 1.807) is 19.1 Å². The highest BCUT2D eigenvalue weighted by atomic mass is 16.5. The zero-order valence-corrected chi connectivity index (χ0v) is 11.4. The number of morpholine rings is 1. The fourth-order valence-electron chi connectivity index (χ4n) is 2.48. The second-order valence-electron chi connectivity index (χ2n) is 5.08. The minimum absolute atomic E-state index is 0.0468. The van der Waals surface area contributed by atoms with Gasteiger partial charge in [-0.15, -0.1) is 0 Å². The molecule has 0 atom stereocenters. The van der Waals surface area contributed by atoms with Crippen LogP contribution < -0.4 is 5.43 Å². The van der Waals surface area contributed by atoms with E-state index in [9.17, 15) is 9.90 Å². The van der Waals surface area contributed by atoms with Crippen LogP contribution in [0.2, 0.25) is 0 Å². The van der Waals surface area contributed by atoms with Crippen molar-refractivity contribution in [2.45, 2.75) is 13.5 Å². The van der Waals surface area contributed by atoms with Gasteiger partial charge in [-0.05, 0) is 19.1 Å². The Morgan fingerprint density at radius 3 is 2.80 bits per heavy atom. The minimum atomic E-state index is -0.0468. The number of rotatable bonds is 2. The number of hydrogen-bond acceptors (Lipinski definition) is 5. The lowest BCUT2D eigenvalue weighted by atomic mass is 10.1. The van der Waals surface area contributed by atoms with Crippen LogP contribution in [0.5, 0.6) is 5.75 Å². The summed E-state index contributed by atoms with van der Waals surface area (Å²) >= 11 is 0. The van der Waals surface area contributed by atoms with Gasteiger partial charge in [-0.3, -0.25) is 9.69 Å². The highest BCUT2D eigenvalue weighted by Gasteiger charge is 2.17. The molecule has 106 valence electrons. The molecule has 1 aliphatic rings. The van der Waals surface area contributed by atoms with Crippen molar-refractivity contribution in [1.82, 2.24) is 4.90 Å². The molecule has 1 aromatic heterocycles. The highest BCUT2D eigenvalue weighted by molar-refractivity contribution is 5.82. The second kappa shape index (κ2) is 5.26. The number of ether oxygens (including phenoxy) is 1. The Morgan fingerprint density at radius 1 is 1.30 bits per heavy atom. The number of aromatic hydroxyl groups is 1. The number of aryl methyl sites for hydroxylation is 1. The molecular formula is C15H17NO4. The van der Waals surface area contributed by atoms with Crippen molar-refractivity contribution in [3.63, 3.8) is 0 Å². The first-order chi connectivity index (χ1) is 9.66. The number of fused-ring (bicyclic) bond motifs is 1. The first-order valence-electron chi connectivity index (χ1n) is 6.70. The van der Waals surface area contributed by atoms with E-state index in [2.05, 4.69) is 4.90 Å². The minimum Gasteiger partial charge on any atom is -0.507 e. The lowest BCUT2D eigenvalue weighted by Crippen LogP contribution is -2.35. The molecule has 5 heteroatoms. The zero-order valence-electron chi connectivity index (χ0n) is 11.4. The number of phenolic OH excluding ortho intramolecular Hbond substituents is 1. The Balaban J connectivity index is 2.06. The van der Waals surface area contributed by atoms with Crippen LogP contribution in [0.1, 0.15) is 11.1 Å². The molecule has 1 aromatic carbocycles. The van der Waals surface area contributed by atoms with Gasteiger partial charge in [0.05, 0.1) is 30.4 Å². The molecule has 1 saturated heterocycles. The van der Waals surface area contributed by atoms with Gasteiger partial charge in [0.2, 0.25) is 0 Å². The Bertz CT molecular complexity index is 686. The molecule has 2 aromatic rings. The van der Waals surface area contributed by atoms with Crippen molar-refractivity contribution in [2.75, 3.05) is 26.3 Å². The maximum absolute atomic E-state index is 12.1. The summed E-state index contributed by atoms with van der Waals surface area (Å²) in [6, 6.07) is 3.18. The molecule has 1 N–H and O–H groups in total. The van der Waals surface area contributed by atoms with Crippen molar-refractivity contribution >= 4 is 11.0 Å². The van der Waals surface area contributed by atoms with Crippen LogP contribution in [0.25, 0.3) is 11.0 Å². The first kappa shape index (κ1) is 13.1. The summed E-state index contributed by atoms with van der Waals surface area (Å²) in [5.41, 5.74) is 1.67. The number of phenols is 1. The quantitative estimate of drug-likeness (QED) is 0.902. The van der Waals surface area contributed by atoms with E-state index in [0.717, 1.165) is 13.1 Å². The van der Waals surface area contributed by atoms with E-state index in [4.69, 9.17) is 9.15 Å². The summed E-state index contributed by atoms with van der Waals surface area (Å²) in [5.74, 6) is 0.163. The van der Waals surface area contributed by atoms with Crippen LogP contribution in [0, 0.1) is 6.92 Å². The summed E-state index contributed by atoms with van der Waals surface area (Å²) in [5, 5.41) is 10.6. The van der Waals surface area contributed by atoms with Gasteiger partial charge in [0.25, 0.3) is 0 Å².